The number of para-hydroxylation sites is 1. The number of fused-ring (bicyclic) bond motifs is 1. The molecule has 0 radical (unpaired) electrons. The highest BCUT2D eigenvalue weighted by Crippen LogP contribution is 2.29. The first-order valence-electron chi connectivity index (χ1n) is 10.1. The average molecular weight is 559 g/mol. The number of hydrogen-bond acceptors (Lipinski definition) is 4. The number of guanidine groups is 1. The van der Waals surface area contributed by atoms with Crippen molar-refractivity contribution in [1.82, 2.24) is 4.90 Å². The molecule has 168 valence electrons. The van der Waals surface area contributed by atoms with Gasteiger partial charge < -0.3 is 15.5 Å². The van der Waals surface area contributed by atoms with Crippen LogP contribution in [0.2, 0.25) is 0 Å². The van der Waals surface area contributed by atoms with Crippen molar-refractivity contribution in [3.05, 3.63) is 59.9 Å². The first-order chi connectivity index (χ1) is 14.4. The van der Waals surface area contributed by atoms with Crippen LogP contribution >= 0.6 is 24.0 Å². The Balaban J connectivity index is 0.00000272. The van der Waals surface area contributed by atoms with Crippen LogP contribution in [0.3, 0.4) is 0 Å². The van der Waals surface area contributed by atoms with Gasteiger partial charge in [0, 0.05) is 38.4 Å². The quantitative estimate of drug-likeness (QED) is 0.346. The van der Waals surface area contributed by atoms with E-state index in [2.05, 4.69) is 9.89 Å². The number of halogens is 2. The molecule has 0 spiro atoms. The Labute approximate surface area is 199 Å². The Hall–Kier alpha value is -2.08. The summed E-state index contributed by atoms with van der Waals surface area (Å²) in [4.78, 5) is 8.44. The van der Waals surface area contributed by atoms with Crippen molar-refractivity contribution in [2.24, 2.45) is 10.7 Å². The Bertz CT molecular complexity index is 1020. The monoisotopic (exact) mass is 559 g/mol. The molecule has 2 aromatic rings. The van der Waals surface area contributed by atoms with Gasteiger partial charge in [-0.2, -0.15) is 0 Å². The largest absolute Gasteiger partial charge is 0.370 e. The molecule has 2 aromatic carbocycles. The van der Waals surface area contributed by atoms with Gasteiger partial charge in [-0.3, -0.25) is 9.30 Å². The molecule has 4 rings (SSSR count). The fourth-order valence-corrected chi connectivity index (χ4v) is 5.32. The van der Waals surface area contributed by atoms with E-state index in [0.29, 0.717) is 25.6 Å². The van der Waals surface area contributed by atoms with Gasteiger partial charge in [-0.25, -0.2) is 12.8 Å². The van der Waals surface area contributed by atoms with Crippen LogP contribution in [0.5, 0.6) is 0 Å². The van der Waals surface area contributed by atoms with Crippen LogP contribution in [0.4, 0.5) is 15.8 Å². The molecule has 0 saturated carbocycles. The van der Waals surface area contributed by atoms with Crippen LogP contribution in [0.15, 0.2) is 53.5 Å². The molecule has 2 aliphatic rings. The summed E-state index contributed by atoms with van der Waals surface area (Å²) in [6, 6.07) is 14.0. The number of hydrogen-bond donors (Lipinski definition) is 1. The SMILES string of the molecule is I.NC(=NCCS(=O)(=O)N1CCc2ccccc21)N1CCN(c2ccc(F)cc2)CC1. The molecular formula is C21H27FIN5O2S. The fourth-order valence-electron chi connectivity index (χ4n) is 3.93. The number of anilines is 2. The lowest BCUT2D eigenvalue weighted by Crippen LogP contribution is -2.51. The number of sulfonamides is 1. The van der Waals surface area contributed by atoms with E-state index in [0.717, 1.165) is 36.4 Å². The third-order valence-electron chi connectivity index (χ3n) is 5.60. The predicted molar refractivity (Wildman–Crippen MR) is 133 cm³/mol. The summed E-state index contributed by atoms with van der Waals surface area (Å²) in [5, 5.41) is 0. The molecule has 2 N–H and O–H groups in total. The molecule has 31 heavy (non-hydrogen) atoms. The molecular weight excluding hydrogens is 532 g/mol. The molecule has 1 saturated heterocycles. The smallest absolute Gasteiger partial charge is 0.237 e. The van der Waals surface area contributed by atoms with E-state index in [1.165, 1.54) is 16.4 Å². The second-order valence-corrected chi connectivity index (χ2v) is 9.47. The molecule has 10 heteroatoms. The minimum Gasteiger partial charge on any atom is -0.370 e. The van der Waals surface area contributed by atoms with Gasteiger partial charge in [0.25, 0.3) is 0 Å². The molecule has 2 heterocycles. The predicted octanol–water partition coefficient (Wildman–Crippen LogP) is 2.27. The normalized spacial score (nSPS) is 16.8. The lowest BCUT2D eigenvalue weighted by molar-refractivity contribution is 0.381. The van der Waals surface area contributed by atoms with Crippen molar-refractivity contribution in [3.8, 4) is 0 Å². The van der Waals surface area contributed by atoms with Crippen molar-refractivity contribution < 1.29 is 12.8 Å². The highest BCUT2D eigenvalue weighted by molar-refractivity contribution is 14.0. The highest BCUT2D eigenvalue weighted by atomic mass is 127. The third kappa shape index (κ3) is 5.40. The van der Waals surface area contributed by atoms with Crippen LogP contribution < -0.4 is 14.9 Å². The lowest BCUT2D eigenvalue weighted by Gasteiger charge is -2.36. The van der Waals surface area contributed by atoms with Gasteiger partial charge in [-0.1, -0.05) is 18.2 Å². The van der Waals surface area contributed by atoms with E-state index in [-0.39, 0.29) is 42.1 Å². The third-order valence-corrected chi connectivity index (χ3v) is 7.35. The van der Waals surface area contributed by atoms with Gasteiger partial charge in [0.2, 0.25) is 10.0 Å². The zero-order valence-corrected chi connectivity index (χ0v) is 20.3. The summed E-state index contributed by atoms with van der Waals surface area (Å²) in [5.41, 5.74) is 8.91. The maximum Gasteiger partial charge on any atom is 0.237 e. The van der Waals surface area contributed by atoms with Gasteiger partial charge in [0.05, 0.1) is 18.0 Å². The van der Waals surface area contributed by atoms with Crippen LogP contribution in [-0.2, 0) is 16.4 Å². The minimum atomic E-state index is -3.43. The van der Waals surface area contributed by atoms with E-state index < -0.39 is 10.0 Å². The number of rotatable bonds is 5. The van der Waals surface area contributed by atoms with Crippen LogP contribution in [0, 0.1) is 5.82 Å². The number of piperazine rings is 1. The van der Waals surface area contributed by atoms with Gasteiger partial charge in [-0.15, -0.1) is 24.0 Å². The molecule has 0 aliphatic carbocycles. The van der Waals surface area contributed by atoms with Crippen molar-refractivity contribution in [1.29, 1.82) is 0 Å². The number of aliphatic imine (C=N–C) groups is 1. The lowest BCUT2D eigenvalue weighted by atomic mass is 10.2. The van der Waals surface area contributed by atoms with Gasteiger partial charge >= 0.3 is 0 Å². The molecule has 1 fully saturated rings. The standard InChI is InChI=1S/C21H26FN5O2S.HI/c22-18-5-7-19(8-6-18)25-12-14-26(15-13-25)21(23)24-10-16-30(28,29)27-11-9-17-3-1-2-4-20(17)27;/h1-8H,9-16H2,(H2,23,24);1H. The molecule has 2 aliphatic heterocycles. The van der Waals surface area contributed by atoms with Gasteiger partial charge in [-0.05, 0) is 42.3 Å². The Morgan fingerprint density at radius 1 is 1.00 bits per heavy atom. The Morgan fingerprint density at radius 3 is 2.39 bits per heavy atom. The van der Waals surface area contributed by atoms with Crippen molar-refractivity contribution in [2.45, 2.75) is 6.42 Å². The molecule has 0 atom stereocenters. The molecule has 0 aromatic heterocycles. The summed E-state index contributed by atoms with van der Waals surface area (Å²) < 4.78 is 40.1. The summed E-state index contributed by atoms with van der Waals surface area (Å²) in [6.07, 6.45) is 0.735. The summed E-state index contributed by atoms with van der Waals surface area (Å²) in [6.45, 7) is 3.45. The van der Waals surface area contributed by atoms with Crippen LogP contribution in [0.1, 0.15) is 5.56 Å². The van der Waals surface area contributed by atoms with E-state index in [1.807, 2.05) is 29.2 Å². The number of benzene rings is 2. The van der Waals surface area contributed by atoms with E-state index in [9.17, 15) is 12.8 Å². The highest BCUT2D eigenvalue weighted by Gasteiger charge is 2.28. The second kappa shape index (κ2) is 10.0. The summed E-state index contributed by atoms with van der Waals surface area (Å²) >= 11 is 0. The van der Waals surface area contributed by atoms with Crippen LogP contribution in [0.25, 0.3) is 0 Å². The zero-order valence-electron chi connectivity index (χ0n) is 17.2. The van der Waals surface area contributed by atoms with E-state index in [4.69, 9.17) is 5.73 Å². The number of nitrogens with two attached hydrogens (primary N) is 1. The zero-order chi connectivity index (χ0) is 21.1. The topological polar surface area (TPSA) is 82.2 Å². The summed E-state index contributed by atoms with van der Waals surface area (Å²) in [5.74, 6) is 0.0457. The van der Waals surface area contributed by atoms with Gasteiger partial charge in [0.15, 0.2) is 5.96 Å². The molecule has 0 bridgehead atoms. The second-order valence-electron chi connectivity index (χ2n) is 7.46. The Morgan fingerprint density at radius 2 is 1.68 bits per heavy atom. The van der Waals surface area contributed by atoms with Crippen LogP contribution in [-0.4, -0.2) is 64.3 Å². The van der Waals surface area contributed by atoms with Crippen molar-refractivity contribution >= 4 is 51.3 Å². The molecule has 0 amide bonds. The maximum absolute atomic E-state index is 13.1. The van der Waals surface area contributed by atoms with Crippen molar-refractivity contribution in [3.63, 3.8) is 0 Å². The molecule has 0 unspecified atom stereocenters. The molecule has 7 nitrogen and oxygen atoms in total. The van der Waals surface area contributed by atoms with Crippen molar-refractivity contribution in [2.75, 3.05) is 54.2 Å². The van der Waals surface area contributed by atoms with E-state index >= 15 is 0 Å². The summed E-state index contributed by atoms with van der Waals surface area (Å²) in [7, 11) is -3.43. The Kier molecular flexibility index (Phi) is 7.63. The first kappa shape index (κ1) is 23.6. The van der Waals surface area contributed by atoms with E-state index in [1.54, 1.807) is 12.1 Å². The fraction of sp³-hybridized carbons (Fsp3) is 0.381. The van der Waals surface area contributed by atoms with Gasteiger partial charge in [0.1, 0.15) is 5.82 Å². The first-order valence-corrected chi connectivity index (χ1v) is 11.7. The number of nitrogens with zero attached hydrogens (tertiary/aromatic N) is 4. The minimum absolute atomic E-state index is 0. The average Bonchev–Trinajstić information content (AvgIpc) is 3.19. The maximum atomic E-state index is 13.1.